The number of nitrogens with zero attached hydrogens (tertiary/aromatic N) is 2. The van der Waals surface area contributed by atoms with Gasteiger partial charge in [-0.15, -0.1) is 0 Å². The van der Waals surface area contributed by atoms with E-state index in [1.807, 2.05) is 6.07 Å². The maximum Gasteiger partial charge on any atom is 0.131 e. The maximum atomic E-state index is 4.58. The molecule has 1 aliphatic rings. The van der Waals surface area contributed by atoms with Gasteiger partial charge in [-0.25, -0.2) is 0 Å². The summed E-state index contributed by atoms with van der Waals surface area (Å²) in [5, 5.41) is 4.58. The van der Waals surface area contributed by atoms with Crippen LogP contribution in [0, 0.1) is 6.92 Å². The normalized spacial score (nSPS) is 15.4. The van der Waals surface area contributed by atoms with Crippen molar-refractivity contribution in [3.05, 3.63) is 40.5 Å². The number of benzene rings is 1. The molecule has 16 heavy (non-hydrogen) atoms. The monoisotopic (exact) mass is 276 g/mol. The Morgan fingerprint density at radius 2 is 1.94 bits per heavy atom. The molecule has 2 aromatic rings. The number of hydrogen-bond acceptors (Lipinski definition) is 1. The molecule has 0 spiro atoms. The van der Waals surface area contributed by atoms with E-state index in [9.17, 15) is 0 Å². The van der Waals surface area contributed by atoms with Crippen LogP contribution in [0.1, 0.15) is 24.4 Å². The molecule has 0 saturated heterocycles. The first kappa shape index (κ1) is 10.1. The Bertz CT molecular complexity index is 512. The maximum absolute atomic E-state index is 4.58. The van der Waals surface area contributed by atoms with E-state index in [1.54, 1.807) is 0 Å². The predicted octanol–water partition coefficient (Wildman–Crippen LogP) is 3.96. The van der Waals surface area contributed by atoms with E-state index in [4.69, 9.17) is 0 Å². The Kier molecular flexibility index (Phi) is 2.36. The molecule has 1 heterocycles. The second kappa shape index (κ2) is 3.74. The van der Waals surface area contributed by atoms with Gasteiger partial charge in [0, 0.05) is 11.1 Å². The highest BCUT2D eigenvalue weighted by molar-refractivity contribution is 9.10. The van der Waals surface area contributed by atoms with Crippen LogP contribution in [0.2, 0.25) is 0 Å². The van der Waals surface area contributed by atoms with Crippen LogP contribution in [0.3, 0.4) is 0 Å². The van der Waals surface area contributed by atoms with Crippen LogP contribution < -0.4 is 0 Å². The third kappa shape index (κ3) is 1.59. The highest BCUT2D eigenvalue weighted by atomic mass is 79.9. The van der Waals surface area contributed by atoms with Gasteiger partial charge in [-0.3, -0.25) is 4.68 Å². The average Bonchev–Trinajstić information content (AvgIpc) is 3.09. The van der Waals surface area contributed by atoms with Crippen LogP contribution in [0.25, 0.3) is 11.3 Å². The summed E-state index contributed by atoms with van der Waals surface area (Å²) in [4.78, 5) is 0. The van der Waals surface area contributed by atoms with E-state index in [1.165, 1.54) is 29.7 Å². The molecule has 0 radical (unpaired) electrons. The van der Waals surface area contributed by atoms with Crippen molar-refractivity contribution in [1.82, 2.24) is 9.78 Å². The highest BCUT2D eigenvalue weighted by Crippen LogP contribution is 2.40. The van der Waals surface area contributed by atoms with Gasteiger partial charge in [-0.05, 0) is 35.7 Å². The van der Waals surface area contributed by atoms with E-state index >= 15 is 0 Å². The van der Waals surface area contributed by atoms with Gasteiger partial charge >= 0.3 is 0 Å². The molecule has 0 bridgehead atoms. The summed E-state index contributed by atoms with van der Waals surface area (Å²) in [6, 6.07) is 11.1. The molecule has 0 atom stereocenters. The lowest BCUT2D eigenvalue weighted by molar-refractivity contribution is 0.644. The van der Waals surface area contributed by atoms with Gasteiger partial charge in [0.05, 0.1) is 11.7 Å². The largest absolute Gasteiger partial charge is 0.260 e. The van der Waals surface area contributed by atoms with Crippen LogP contribution in [0.15, 0.2) is 34.9 Å². The van der Waals surface area contributed by atoms with Gasteiger partial charge in [0.1, 0.15) is 4.60 Å². The summed E-state index contributed by atoms with van der Waals surface area (Å²) in [6.45, 7) is 2.12. The standard InChI is InChI=1S/C13H13BrN2/c1-9-12(10-5-3-2-4-6-10)16(11-7-8-11)15-13(9)14/h2-6,11H,7-8H2,1H3. The summed E-state index contributed by atoms with van der Waals surface area (Å²) < 4.78 is 3.15. The molecule has 1 aromatic heterocycles. The molecule has 2 nitrogen and oxygen atoms in total. The summed E-state index contributed by atoms with van der Waals surface area (Å²) >= 11 is 3.53. The van der Waals surface area contributed by atoms with Crippen LogP contribution in [0.4, 0.5) is 0 Å². The minimum Gasteiger partial charge on any atom is -0.260 e. The van der Waals surface area contributed by atoms with Crippen molar-refractivity contribution in [1.29, 1.82) is 0 Å². The van der Waals surface area contributed by atoms with Crippen molar-refractivity contribution in [2.75, 3.05) is 0 Å². The minimum atomic E-state index is 0.611. The lowest BCUT2D eigenvalue weighted by atomic mass is 10.1. The number of hydrogen-bond donors (Lipinski definition) is 0. The minimum absolute atomic E-state index is 0.611. The Labute approximate surface area is 103 Å². The smallest absolute Gasteiger partial charge is 0.131 e. The Morgan fingerprint density at radius 3 is 2.56 bits per heavy atom. The Balaban J connectivity index is 2.18. The molecule has 0 N–H and O–H groups in total. The van der Waals surface area contributed by atoms with Gasteiger partial charge < -0.3 is 0 Å². The molecule has 0 aliphatic heterocycles. The topological polar surface area (TPSA) is 17.8 Å². The molecular formula is C13H13BrN2. The molecule has 3 rings (SSSR count). The molecule has 1 aliphatic carbocycles. The molecule has 3 heteroatoms. The van der Waals surface area contributed by atoms with Crippen molar-refractivity contribution >= 4 is 15.9 Å². The fourth-order valence-electron chi connectivity index (χ4n) is 2.02. The van der Waals surface area contributed by atoms with Crippen LogP contribution >= 0.6 is 15.9 Å². The lowest BCUT2D eigenvalue weighted by Gasteiger charge is -2.06. The van der Waals surface area contributed by atoms with Crippen molar-refractivity contribution in [2.24, 2.45) is 0 Å². The fraction of sp³-hybridized carbons (Fsp3) is 0.308. The van der Waals surface area contributed by atoms with Gasteiger partial charge in [-0.1, -0.05) is 30.3 Å². The predicted molar refractivity (Wildman–Crippen MR) is 68.4 cm³/mol. The zero-order chi connectivity index (χ0) is 11.1. The highest BCUT2D eigenvalue weighted by Gasteiger charge is 2.28. The van der Waals surface area contributed by atoms with Crippen LogP contribution in [-0.4, -0.2) is 9.78 Å². The molecule has 1 saturated carbocycles. The molecule has 0 amide bonds. The van der Waals surface area contributed by atoms with Crippen molar-refractivity contribution in [2.45, 2.75) is 25.8 Å². The number of halogens is 1. The lowest BCUT2D eigenvalue weighted by Crippen LogP contribution is -1.99. The first-order chi connectivity index (χ1) is 7.77. The second-order valence-corrected chi connectivity index (χ2v) is 5.06. The molecule has 0 unspecified atom stereocenters. The van der Waals surface area contributed by atoms with Crippen molar-refractivity contribution in [3.8, 4) is 11.3 Å². The van der Waals surface area contributed by atoms with Crippen molar-refractivity contribution < 1.29 is 0 Å². The zero-order valence-electron chi connectivity index (χ0n) is 9.15. The summed E-state index contributed by atoms with van der Waals surface area (Å²) in [5.41, 5.74) is 3.75. The van der Waals surface area contributed by atoms with Crippen LogP contribution in [0.5, 0.6) is 0 Å². The number of rotatable bonds is 2. The van der Waals surface area contributed by atoms with E-state index < -0.39 is 0 Å². The van der Waals surface area contributed by atoms with E-state index in [-0.39, 0.29) is 0 Å². The Morgan fingerprint density at radius 1 is 1.25 bits per heavy atom. The average molecular weight is 277 g/mol. The SMILES string of the molecule is Cc1c(Br)nn(C2CC2)c1-c1ccccc1. The summed E-state index contributed by atoms with van der Waals surface area (Å²) in [5.74, 6) is 0. The molecule has 1 aromatic carbocycles. The van der Waals surface area contributed by atoms with Crippen LogP contribution in [-0.2, 0) is 0 Å². The first-order valence-corrected chi connectivity index (χ1v) is 6.36. The first-order valence-electron chi connectivity index (χ1n) is 5.57. The van der Waals surface area contributed by atoms with Crippen molar-refractivity contribution in [3.63, 3.8) is 0 Å². The fourth-order valence-corrected chi connectivity index (χ4v) is 2.38. The Hall–Kier alpha value is -1.09. The van der Waals surface area contributed by atoms with Gasteiger partial charge in [0.2, 0.25) is 0 Å². The zero-order valence-corrected chi connectivity index (χ0v) is 10.7. The second-order valence-electron chi connectivity index (χ2n) is 4.31. The van der Waals surface area contributed by atoms with Gasteiger partial charge in [0.25, 0.3) is 0 Å². The summed E-state index contributed by atoms with van der Waals surface area (Å²) in [6.07, 6.45) is 2.51. The van der Waals surface area contributed by atoms with Gasteiger partial charge in [-0.2, -0.15) is 5.10 Å². The molecule has 1 fully saturated rings. The third-order valence-corrected chi connectivity index (χ3v) is 3.78. The molecule has 82 valence electrons. The third-order valence-electron chi connectivity index (χ3n) is 3.03. The number of aromatic nitrogens is 2. The quantitative estimate of drug-likeness (QED) is 0.812. The van der Waals surface area contributed by atoms with E-state index in [0.717, 1.165) is 4.60 Å². The van der Waals surface area contributed by atoms with Gasteiger partial charge in [0.15, 0.2) is 0 Å². The molecular weight excluding hydrogens is 264 g/mol. The summed E-state index contributed by atoms with van der Waals surface area (Å²) in [7, 11) is 0. The van der Waals surface area contributed by atoms with E-state index in [0.29, 0.717) is 6.04 Å². The van der Waals surface area contributed by atoms with E-state index in [2.05, 4.69) is 56.9 Å².